The SMILES string of the molecule is CCCCCCCCCCCCCCCCCCCCOCC(COP(=O)([O-])OCC[N+](C)(C)C)OC(=O)CCCCCCCCCCCCCCCCCC. The van der Waals surface area contributed by atoms with Gasteiger partial charge in [0, 0.05) is 13.0 Å². The molecule has 8 nitrogen and oxygen atoms in total. The number of ether oxygens (including phenoxy) is 2. The molecule has 0 aliphatic rings. The molecule has 56 heavy (non-hydrogen) atoms. The molecule has 2 atom stereocenters. The summed E-state index contributed by atoms with van der Waals surface area (Å²) in [6.07, 6.45) is 44.0. The molecular weight excluding hydrogens is 721 g/mol. The summed E-state index contributed by atoms with van der Waals surface area (Å²) < 4.78 is 34.7. The lowest BCUT2D eigenvalue weighted by Gasteiger charge is -2.28. The third kappa shape index (κ3) is 44.6. The maximum Gasteiger partial charge on any atom is 0.306 e. The van der Waals surface area contributed by atoms with E-state index >= 15 is 0 Å². The molecule has 0 N–H and O–H groups in total. The Morgan fingerprint density at radius 3 is 1.18 bits per heavy atom. The highest BCUT2D eigenvalue weighted by molar-refractivity contribution is 7.45. The fourth-order valence-electron chi connectivity index (χ4n) is 7.14. The van der Waals surface area contributed by atoms with Gasteiger partial charge in [-0.1, -0.05) is 219 Å². The van der Waals surface area contributed by atoms with Crippen LogP contribution in [0.3, 0.4) is 0 Å². The van der Waals surface area contributed by atoms with Crippen molar-refractivity contribution in [1.82, 2.24) is 0 Å². The number of carbonyl (C=O) groups is 1. The Balaban J connectivity index is 4.12. The number of esters is 1. The van der Waals surface area contributed by atoms with Gasteiger partial charge < -0.3 is 27.9 Å². The second-order valence-electron chi connectivity index (χ2n) is 17.8. The first-order chi connectivity index (χ1) is 27.1. The number of rotatable bonds is 46. The summed E-state index contributed by atoms with van der Waals surface area (Å²) in [6, 6.07) is 0. The zero-order chi connectivity index (χ0) is 41.3. The first-order valence-electron chi connectivity index (χ1n) is 24.3. The molecule has 0 amide bonds. The summed E-state index contributed by atoms with van der Waals surface area (Å²) in [4.78, 5) is 25.1. The maximum absolute atomic E-state index is 12.7. The Kier molecular flexibility index (Phi) is 40.9. The van der Waals surface area contributed by atoms with Crippen molar-refractivity contribution in [3.8, 4) is 0 Å². The van der Waals surface area contributed by atoms with Gasteiger partial charge in [-0.2, -0.15) is 0 Å². The number of carbonyl (C=O) groups excluding carboxylic acids is 1. The summed E-state index contributed by atoms with van der Waals surface area (Å²) in [5, 5.41) is 0. The van der Waals surface area contributed by atoms with E-state index in [9.17, 15) is 14.3 Å². The molecule has 9 heteroatoms. The van der Waals surface area contributed by atoms with Gasteiger partial charge in [0.15, 0.2) is 0 Å². The third-order valence-electron chi connectivity index (χ3n) is 10.9. The number of phosphoric ester groups is 1. The van der Waals surface area contributed by atoms with Crippen molar-refractivity contribution >= 4 is 13.8 Å². The summed E-state index contributed by atoms with van der Waals surface area (Å²) in [5.74, 6) is -0.326. The quantitative estimate of drug-likeness (QED) is 0.0261. The van der Waals surface area contributed by atoms with E-state index in [0.717, 1.165) is 32.1 Å². The Morgan fingerprint density at radius 2 is 0.821 bits per heavy atom. The van der Waals surface area contributed by atoms with Crippen LogP contribution < -0.4 is 4.89 Å². The Bertz CT molecular complexity index is 868. The minimum absolute atomic E-state index is 0.0316. The Labute approximate surface area is 348 Å². The fourth-order valence-corrected chi connectivity index (χ4v) is 7.87. The predicted molar refractivity (Wildman–Crippen MR) is 236 cm³/mol. The van der Waals surface area contributed by atoms with Crippen LogP contribution in [0.15, 0.2) is 0 Å². The summed E-state index contributed by atoms with van der Waals surface area (Å²) in [7, 11) is 1.38. The lowest BCUT2D eigenvalue weighted by molar-refractivity contribution is -0.870. The van der Waals surface area contributed by atoms with E-state index in [1.807, 2.05) is 21.1 Å². The standard InChI is InChI=1S/C47H96NO7P/c1-6-8-10-12-14-16-18-20-22-24-25-27-29-31-33-35-37-39-42-52-44-46(45-54-56(50,51)53-43-41-48(3,4)5)55-47(49)40-38-36-34-32-30-28-26-23-21-19-17-15-13-11-9-7-2/h46H,6-45H2,1-5H3. The van der Waals surface area contributed by atoms with E-state index in [1.165, 1.54) is 186 Å². The van der Waals surface area contributed by atoms with E-state index in [-0.39, 0.29) is 25.8 Å². The second-order valence-corrected chi connectivity index (χ2v) is 19.3. The molecule has 0 rings (SSSR count). The number of hydrogen-bond acceptors (Lipinski definition) is 7. The lowest BCUT2D eigenvalue weighted by Crippen LogP contribution is -2.37. The van der Waals surface area contributed by atoms with E-state index in [4.69, 9.17) is 18.5 Å². The Morgan fingerprint density at radius 1 is 0.482 bits per heavy atom. The van der Waals surface area contributed by atoms with Crippen LogP contribution in [0.25, 0.3) is 0 Å². The van der Waals surface area contributed by atoms with Crippen molar-refractivity contribution in [2.75, 3.05) is 54.1 Å². The first kappa shape index (κ1) is 55.5. The molecule has 0 aromatic carbocycles. The number of likely N-dealkylation sites (N-methyl/N-ethyl adjacent to an activating group) is 1. The number of hydrogen-bond donors (Lipinski definition) is 0. The number of nitrogens with zero attached hydrogens (tertiary/aromatic N) is 1. The van der Waals surface area contributed by atoms with E-state index < -0.39 is 13.9 Å². The Hall–Kier alpha value is -0.500. The van der Waals surface area contributed by atoms with Gasteiger partial charge in [-0.15, -0.1) is 0 Å². The molecule has 0 spiro atoms. The summed E-state index contributed by atoms with van der Waals surface area (Å²) in [5.41, 5.74) is 0. The molecule has 0 aliphatic heterocycles. The van der Waals surface area contributed by atoms with Crippen LogP contribution in [0, 0.1) is 0 Å². The maximum atomic E-state index is 12.7. The van der Waals surface area contributed by atoms with Crippen molar-refractivity contribution in [3.63, 3.8) is 0 Å². The largest absolute Gasteiger partial charge is 0.756 e. The third-order valence-corrected chi connectivity index (χ3v) is 11.9. The van der Waals surface area contributed by atoms with Crippen LogP contribution in [0.5, 0.6) is 0 Å². The van der Waals surface area contributed by atoms with E-state index in [0.29, 0.717) is 24.1 Å². The van der Waals surface area contributed by atoms with Gasteiger partial charge in [-0.05, 0) is 12.8 Å². The number of quaternary nitrogens is 1. The van der Waals surface area contributed by atoms with Gasteiger partial charge in [0.05, 0.1) is 34.4 Å². The molecule has 0 aromatic rings. The van der Waals surface area contributed by atoms with Gasteiger partial charge in [0.2, 0.25) is 0 Å². The molecule has 0 saturated heterocycles. The van der Waals surface area contributed by atoms with Gasteiger partial charge >= 0.3 is 5.97 Å². The van der Waals surface area contributed by atoms with Crippen molar-refractivity contribution in [2.24, 2.45) is 0 Å². The van der Waals surface area contributed by atoms with Gasteiger partial charge in [0.25, 0.3) is 7.82 Å². The lowest BCUT2D eigenvalue weighted by atomic mass is 10.0. The van der Waals surface area contributed by atoms with Crippen LogP contribution in [-0.2, 0) is 27.9 Å². The molecule has 336 valence electrons. The van der Waals surface area contributed by atoms with Crippen molar-refractivity contribution in [3.05, 3.63) is 0 Å². The summed E-state index contributed by atoms with van der Waals surface area (Å²) >= 11 is 0. The first-order valence-corrected chi connectivity index (χ1v) is 25.7. The van der Waals surface area contributed by atoms with Gasteiger partial charge in [-0.25, -0.2) is 0 Å². The highest BCUT2D eigenvalue weighted by Gasteiger charge is 2.20. The molecule has 0 saturated carbocycles. The average Bonchev–Trinajstić information content (AvgIpc) is 3.15. The molecule has 0 aromatic heterocycles. The zero-order valence-electron chi connectivity index (χ0n) is 38.1. The molecule has 2 unspecified atom stereocenters. The fraction of sp³-hybridized carbons (Fsp3) is 0.979. The highest BCUT2D eigenvalue weighted by atomic mass is 31.2. The van der Waals surface area contributed by atoms with Crippen LogP contribution in [-0.4, -0.2) is 70.7 Å². The topological polar surface area (TPSA) is 94.1 Å². The smallest absolute Gasteiger partial charge is 0.306 e. The monoisotopic (exact) mass is 818 g/mol. The van der Waals surface area contributed by atoms with Gasteiger partial charge in [-0.3, -0.25) is 9.36 Å². The second kappa shape index (κ2) is 41.2. The number of phosphoric acid groups is 1. The summed E-state index contributed by atoms with van der Waals surface area (Å²) in [6.45, 7) is 5.48. The average molecular weight is 818 g/mol. The molecule has 0 fully saturated rings. The van der Waals surface area contributed by atoms with Crippen LogP contribution in [0.4, 0.5) is 0 Å². The van der Waals surface area contributed by atoms with Crippen molar-refractivity contribution in [1.29, 1.82) is 0 Å². The molecule has 0 bridgehead atoms. The minimum Gasteiger partial charge on any atom is -0.756 e. The van der Waals surface area contributed by atoms with Crippen molar-refractivity contribution < 1.29 is 37.3 Å². The van der Waals surface area contributed by atoms with E-state index in [1.54, 1.807) is 0 Å². The predicted octanol–water partition coefficient (Wildman–Crippen LogP) is 13.8. The molecule has 0 radical (unpaired) electrons. The minimum atomic E-state index is -4.52. The molecule has 0 aliphatic carbocycles. The van der Waals surface area contributed by atoms with Crippen LogP contribution in [0.1, 0.15) is 239 Å². The molecule has 0 heterocycles. The number of unbranched alkanes of at least 4 members (excludes halogenated alkanes) is 32. The normalized spacial score (nSPS) is 13.6. The van der Waals surface area contributed by atoms with Crippen molar-refractivity contribution in [2.45, 2.75) is 245 Å². The van der Waals surface area contributed by atoms with E-state index in [2.05, 4.69) is 13.8 Å². The highest BCUT2D eigenvalue weighted by Crippen LogP contribution is 2.38. The van der Waals surface area contributed by atoms with Gasteiger partial charge in [0.1, 0.15) is 19.3 Å². The van der Waals surface area contributed by atoms with Crippen LogP contribution in [0.2, 0.25) is 0 Å². The molecular formula is C47H96NO7P. The zero-order valence-corrected chi connectivity index (χ0v) is 39.0. The van der Waals surface area contributed by atoms with Crippen LogP contribution >= 0.6 is 7.82 Å².